The summed E-state index contributed by atoms with van der Waals surface area (Å²) in [5, 5.41) is 15.5. The molecule has 8 heteroatoms. The van der Waals surface area contributed by atoms with Gasteiger partial charge in [-0.3, -0.25) is 9.89 Å². The van der Waals surface area contributed by atoms with Crippen LogP contribution in [0.15, 0.2) is 11.3 Å². The van der Waals surface area contributed by atoms with Crippen molar-refractivity contribution in [2.75, 3.05) is 26.2 Å². The maximum absolute atomic E-state index is 4.99. The molecule has 7 nitrogen and oxygen atoms in total. The molecule has 0 radical (unpaired) electrons. The van der Waals surface area contributed by atoms with Crippen molar-refractivity contribution >= 4 is 29.9 Å². The van der Waals surface area contributed by atoms with Gasteiger partial charge >= 0.3 is 0 Å². The minimum absolute atomic E-state index is 0. The van der Waals surface area contributed by atoms with E-state index in [2.05, 4.69) is 51.1 Å². The van der Waals surface area contributed by atoms with Crippen LogP contribution in [0.2, 0.25) is 0 Å². The van der Waals surface area contributed by atoms with E-state index in [9.17, 15) is 0 Å². The van der Waals surface area contributed by atoms with Gasteiger partial charge in [-0.1, -0.05) is 20.8 Å². The lowest BCUT2D eigenvalue weighted by molar-refractivity contribution is 0.272. The number of likely N-dealkylation sites (N-methyl/N-ethyl adjacent to an activating group) is 1. The third kappa shape index (κ3) is 7.38. The summed E-state index contributed by atoms with van der Waals surface area (Å²) in [4.78, 5) is 7.55. The van der Waals surface area contributed by atoms with E-state index in [0.717, 1.165) is 50.3 Å². The highest BCUT2D eigenvalue weighted by Crippen LogP contribution is 2.23. The van der Waals surface area contributed by atoms with Gasteiger partial charge in [0.15, 0.2) is 5.96 Å². The van der Waals surface area contributed by atoms with E-state index in [1.807, 2.05) is 6.33 Å². The van der Waals surface area contributed by atoms with E-state index in [1.54, 1.807) is 0 Å². The van der Waals surface area contributed by atoms with Gasteiger partial charge in [0.25, 0.3) is 0 Å². The van der Waals surface area contributed by atoms with Gasteiger partial charge in [0.1, 0.15) is 12.2 Å². The second-order valence-electron chi connectivity index (χ2n) is 8.44. The lowest BCUT2D eigenvalue weighted by Crippen LogP contribution is -2.46. The van der Waals surface area contributed by atoms with Crippen LogP contribution in [0.5, 0.6) is 0 Å². The van der Waals surface area contributed by atoms with Crippen molar-refractivity contribution in [3.63, 3.8) is 0 Å². The first-order valence-electron chi connectivity index (χ1n) is 11.3. The number of hydrogen-bond donors (Lipinski definition) is 2. The van der Waals surface area contributed by atoms with Crippen LogP contribution in [0.1, 0.15) is 65.1 Å². The Bertz CT molecular complexity index is 610. The topological polar surface area (TPSA) is 70.4 Å². The summed E-state index contributed by atoms with van der Waals surface area (Å²) in [6, 6.07) is 1.15. The molecule has 2 fully saturated rings. The molecule has 1 aromatic heterocycles. The molecule has 1 saturated carbocycles. The number of nitrogens with zero attached hydrogens (tertiary/aromatic N) is 5. The van der Waals surface area contributed by atoms with Crippen LogP contribution >= 0.6 is 24.0 Å². The van der Waals surface area contributed by atoms with Crippen LogP contribution in [-0.4, -0.2) is 63.9 Å². The Morgan fingerprint density at radius 1 is 1.21 bits per heavy atom. The molecule has 1 unspecified atom stereocenters. The molecule has 1 atom stereocenters. The second-order valence-corrected chi connectivity index (χ2v) is 8.44. The fraction of sp³-hybridized carbons (Fsp3) is 0.857. The van der Waals surface area contributed by atoms with Crippen molar-refractivity contribution in [3.8, 4) is 0 Å². The lowest BCUT2D eigenvalue weighted by atomic mass is 9.87. The Labute approximate surface area is 193 Å². The van der Waals surface area contributed by atoms with Crippen molar-refractivity contribution in [3.05, 3.63) is 12.2 Å². The molecule has 0 amide bonds. The van der Waals surface area contributed by atoms with Crippen molar-refractivity contribution < 1.29 is 0 Å². The molecule has 0 aromatic carbocycles. The molecule has 1 aromatic rings. The number of halogens is 1. The van der Waals surface area contributed by atoms with E-state index in [1.165, 1.54) is 45.1 Å². The summed E-state index contributed by atoms with van der Waals surface area (Å²) in [6.45, 7) is 11.7. The summed E-state index contributed by atoms with van der Waals surface area (Å²) in [5.41, 5.74) is 0. The van der Waals surface area contributed by atoms with Crippen molar-refractivity contribution in [2.45, 2.75) is 84.3 Å². The average Bonchev–Trinajstić information content (AvgIpc) is 3.36. The minimum atomic E-state index is 0. The molecule has 29 heavy (non-hydrogen) atoms. The average molecular weight is 518 g/mol. The molecule has 3 rings (SSSR count). The third-order valence-corrected chi connectivity index (χ3v) is 6.38. The van der Waals surface area contributed by atoms with Crippen molar-refractivity contribution in [1.29, 1.82) is 0 Å². The number of guanidine groups is 1. The van der Waals surface area contributed by atoms with Crippen LogP contribution in [0, 0.1) is 5.92 Å². The SMILES string of the molecule is CCc1nncn1CCNC(=NCC1CCCN1CC)NC1CCC(C)CC1.I. The number of nitrogens with one attached hydrogen (secondary N) is 2. The molecule has 0 spiro atoms. The molecule has 1 aliphatic carbocycles. The Morgan fingerprint density at radius 2 is 2.00 bits per heavy atom. The summed E-state index contributed by atoms with van der Waals surface area (Å²) in [6.07, 6.45) is 10.4. The Morgan fingerprint density at radius 3 is 2.72 bits per heavy atom. The first-order valence-corrected chi connectivity index (χ1v) is 11.3. The zero-order valence-corrected chi connectivity index (χ0v) is 20.8. The first kappa shape index (κ1) is 24.4. The quantitative estimate of drug-likeness (QED) is 0.315. The summed E-state index contributed by atoms with van der Waals surface area (Å²) in [5.74, 6) is 2.89. The highest BCUT2D eigenvalue weighted by molar-refractivity contribution is 14.0. The van der Waals surface area contributed by atoms with Crippen LogP contribution in [0.25, 0.3) is 0 Å². The normalized spacial score (nSPS) is 25.6. The van der Waals surface area contributed by atoms with Crippen molar-refractivity contribution in [2.24, 2.45) is 10.9 Å². The maximum Gasteiger partial charge on any atom is 0.191 e. The number of hydrogen-bond acceptors (Lipinski definition) is 4. The lowest BCUT2D eigenvalue weighted by Gasteiger charge is -2.29. The van der Waals surface area contributed by atoms with E-state index in [4.69, 9.17) is 4.99 Å². The largest absolute Gasteiger partial charge is 0.355 e. The highest BCUT2D eigenvalue weighted by Gasteiger charge is 2.23. The monoisotopic (exact) mass is 517 g/mol. The molecule has 166 valence electrons. The van der Waals surface area contributed by atoms with Crippen LogP contribution < -0.4 is 10.6 Å². The van der Waals surface area contributed by atoms with Gasteiger partial charge in [-0.25, -0.2) is 0 Å². The van der Waals surface area contributed by atoms with Gasteiger partial charge in [-0.05, 0) is 57.5 Å². The number of likely N-dealkylation sites (tertiary alicyclic amines) is 1. The van der Waals surface area contributed by atoms with E-state index in [0.29, 0.717) is 12.1 Å². The van der Waals surface area contributed by atoms with Gasteiger partial charge in [0, 0.05) is 31.6 Å². The molecular weight excluding hydrogens is 477 g/mol. The van der Waals surface area contributed by atoms with Gasteiger partial charge in [-0.2, -0.15) is 0 Å². The fourth-order valence-electron chi connectivity index (χ4n) is 4.50. The smallest absolute Gasteiger partial charge is 0.191 e. The van der Waals surface area contributed by atoms with Gasteiger partial charge in [-0.15, -0.1) is 34.2 Å². The zero-order chi connectivity index (χ0) is 19.8. The molecule has 1 saturated heterocycles. The Kier molecular flexibility index (Phi) is 10.7. The Hall–Kier alpha value is -0.900. The predicted octanol–water partition coefficient (Wildman–Crippen LogP) is 3.06. The Balaban J connectivity index is 0.00000300. The van der Waals surface area contributed by atoms with E-state index < -0.39 is 0 Å². The number of aliphatic imine (C=N–C) groups is 1. The minimum Gasteiger partial charge on any atom is -0.355 e. The maximum atomic E-state index is 4.99. The molecular formula is C21H40IN7. The molecule has 2 heterocycles. The van der Waals surface area contributed by atoms with Gasteiger partial charge < -0.3 is 15.2 Å². The second kappa shape index (κ2) is 12.7. The fourth-order valence-corrected chi connectivity index (χ4v) is 4.50. The van der Waals surface area contributed by atoms with Crippen LogP contribution in [0.4, 0.5) is 0 Å². The number of aromatic nitrogens is 3. The predicted molar refractivity (Wildman–Crippen MR) is 130 cm³/mol. The first-order chi connectivity index (χ1) is 13.7. The number of aryl methyl sites for hydroxylation is 1. The number of rotatable bonds is 8. The van der Waals surface area contributed by atoms with Crippen LogP contribution in [-0.2, 0) is 13.0 Å². The molecule has 2 N–H and O–H groups in total. The summed E-state index contributed by atoms with van der Waals surface area (Å²) in [7, 11) is 0. The molecule has 0 bridgehead atoms. The summed E-state index contributed by atoms with van der Waals surface area (Å²) >= 11 is 0. The highest BCUT2D eigenvalue weighted by atomic mass is 127. The van der Waals surface area contributed by atoms with Gasteiger partial charge in [0.2, 0.25) is 0 Å². The molecule has 1 aliphatic heterocycles. The zero-order valence-electron chi connectivity index (χ0n) is 18.4. The van der Waals surface area contributed by atoms with Crippen LogP contribution in [0.3, 0.4) is 0 Å². The van der Waals surface area contributed by atoms with Crippen molar-refractivity contribution in [1.82, 2.24) is 30.3 Å². The molecule has 2 aliphatic rings. The van der Waals surface area contributed by atoms with E-state index in [-0.39, 0.29) is 24.0 Å². The van der Waals surface area contributed by atoms with E-state index >= 15 is 0 Å². The summed E-state index contributed by atoms with van der Waals surface area (Å²) < 4.78 is 2.13. The van der Waals surface area contributed by atoms with Gasteiger partial charge in [0.05, 0.1) is 6.54 Å². The third-order valence-electron chi connectivity index (χ3n) is 6.38. The standard InChI is InChI=1S/C21H39N7.HI/c1-4-20-26-24-16-28(20)14-12-22-21(25-18-10-8-17(3)9-11-18)23-15-19-7-6-13-27(19)5-2;/h16-19H,4-15H2,1-3H3,(H2,22,23,25);1H.